The number of alkyl halides is 3. The number of halogens is 3. The molecule has 0 aliphatic heterocycles. The topological polar surface area (TPSA) is 47.3 Å². The second-order valence-corrected chi connectivity index (χ2v) is 3.27. The first kappa shape index (κ1) is 13.0. The van der Waals surface area contributed by atoms with Gasteiger partial charge in [-0.2, -0.15) is 0 Å². The monoisotopic (exact) mass is 238 g/mol. The highest BCUT2D eigenvalue weighted by Gasteiger charge is 2.28. The Hall–Kier alpha value is -1.08. The van der Waals surface area contributed by atoms with Gasteiger partial charge in [0.1, 0.15) is 5.76 Å². The van der Waals surface area contributed by atoms with Crippen LogP contribution in [0.2, 0.25) is 0 Å². The zero-order valence-corrected chi connectivity index (χ0v) is 9.02. The SMILES string of the molecule is Cc1noc(C)c1CNCCOC(F)(F)F. The summed E-state index contributed by atoms with van der Waals surface area (Å²) >= 11 is 0. The molecule has 0 amide bonds. The number of nitrogens with zero attached hydrogens (tertiary/aromatic N) is 1. The van der Waals surface area contributed by atoms with E-state index in [9.17, 15) is 13.2 Å². The van der Waals surface area contributed by atoms with Crippen LogP contribution in [-0.4, -0.2) is 24.7 Å². The van der Waals surface area contributed by atoms with E-state index in [-0.39, 0.29) is 6.54 Å². The number of hydrogen-bond acceptors (Lipinski definition) is 4. The number of ether oxygens (including phenoxy) is 1. The van der Waals surface area contributed by atoms with E-state index in [4.69, 9.17) is 4.52 Å². The quantitative estimate of drug-likeness (QED) is 0.796. The van der Waals surface area contributed by atoms with Crippen molar-refractivity contribution in [2.45, 2.75) is 26.8 Å². The molecule has 1 aromatic heterocycles. The maximum Gasteiger partial charge on any atom is 0.522 e. The van der Waals surface area contributed by atoms with Gasteiger partial charge < -0.3 is 9.84 Å². The van der Waals surface area contributed by atoms with E-state index in [0.29, 0.717) is 12.3 Å². The van der Waals surface area contributed by atoms with Crippen LogP contribution in [0.1, 0.15) is 17.0 Å². The number of hydrogen-bond donors (Lipinski definition) is 1. The number of aryl methyl sites for hydroxylation is 2. The highest BCUT2D eigenvalue weighted by atomic mass is 19.4. The molecule has 0 radical (unpaired) electrons. The van der Waals surface area contributed by atoms with Crippen LogP contribution in [0.5, 0.6) is 0 Å². The zero-order valence-electron chi connectivity index (χ0n) is 9.02. The summed E-state index contributed by atoms with van der Waals surface area (Å²) in [7, 11) is 0. The Kier molecular flexibility index (Phi) is 4.31. The second-order valence-electron chi connectivity index (χ2n) is 3.27. The average Bonchev–Trinajstić information content (AvgIpc) is 2.46. The molecule has 0 saturated heterocycles. The molecular weight excluding hydrogens is 225 g/mol. The lowest BCUT2D eigenvalue weighted by molar-refractivity contribution is -0.323. The molecule has 0 bridgehead atoms. The minimum absolute atomic E-state index is 0.115. The van der Waals surface area contributed by atoms with Gasteiger partial charge in [-0.15, -0.1) is 13.2 Å². The van der Waals surface area contributed by atoms with Gasteiger partial charge in [0.2, 0.25) is 0 Å². The van der Waals surface area contributed by atoms with Crippen LogP contribution in [0.25, 0.3) is 0 Å². The third kappa shape index (κ3) is 4.19. The molecule has 0 saturated carbocycles. The maximum atomic E-state index is 11.6. The van der Waals surface area contributed by atoms with Crippen LogP contribution >= 0.6 is 0 Å². The van der Waals surface area contributed by atoms with Crippen molar-refractivity contribution < 1.29 is 22.4 Å². The summed E-state index contributed by atoms with van der Waals surface area (Å²) in [5.74, 6) is 0.668. The number of aromatic nitrogens is 1. The minimum Gasteiger partial charge on any atom is -0.361 e. The zero-order chi connectivity index (χ0) is 12.2. The second kappa shape index (κ2) is 5.31. The molecule has 0 spiro atoms. The van der Waals surface area contributed by atoms with Crippen molar-refractivity contribution >= 4 is 0 Å². The molecule has 92 valence electrons. The van der Waals surface area contributed by atoms with E-state index in [1.54, 1.807) is 13.8 Å². The Labute approximate surface area is 90.7 Å². The third-order valence-corrected chi connectivity index (χ3v) is 2.03. The van der Waals surface area contributed by atoms with E-state index < -0.39 is 13.0 Å². The summed E-state index contributed by atoms with van der Waals surface area (Å²) in [4.78, 5) is 0. The van der Waals surface area contributed by atoms with Gasteiger partial charge in [0, 0.05) is 18.7 Å². The summed E-state index contributed by atoms with van der Waals surface area (Å²) in [6.45, 7) is 3.65. The summed E-state index contributed by atoms with van der Waals surface area (Å²) in [6, 6.07) is 0. The van der Waals surface area contributed by atoms with E-state index in [1.807, 2.05) is 0 Å². The van der Waals surface area contributed by atoms with Gasteiger partial charge in [-0.25, -0.2) is 0 Å². The first-order valence-electron chi connectivity index (χ1n) is 4.73. The first-order chi connectivity index (χ1) is 7.40. The molecule has 4 nitrogen and oxygen atoms in total. The molecule has 1 N–H and O–H groups in total. The standard InChI is InChI=1S/C9H13F3N2O2/c1-6-8(7(2)16-14-6)5-13-3-4-15-9(10,11)12/h13H,3-5H2,1-2H3. The van der Waals surface area contributed by atoms with Gasteiger partial charge in [-0.3, -0.25) is 4.74 Å². The Morgan fingerprint density at radius 3 is 2.56 bits per heavy atom. The van der Waals surface area contributed by atoms with Gasteiger partial charge in [0.05, 0.1) is 12.3 Å². The molecule has 0 atom stereocenters. The maximum absolute atomic E-state index is 11.6. The van der Waals surface area contributed by atoms with E-state index >= 15 is 0 Å². The van der Waals surface area contributed by atoms with Crippen molar-refractivity contribution in [3.05, 3.63) is 17.0 Å². The molecule has 7 heteroatoms. The molecule has 16 heavy (non-hydrogen) atoms. The largest absolute Gasteiger partial charge is 0.522 e. The van der Waals surface area contributed by atoms with Gasteiger partial charge in [-0.1, -0.05) is 5.16 Å². The fourth-order valence-corrected chi connectivity index (χ4v) is 1.21. The van der Waals surface area contributed by atoms with Gasteiger partial charge in [-0.05, 0) is 13.8 Å². The summed E-state index contributed by atoms with van der Waals surface area (Å²) in [5.41, 5.74) is 1.61. The highest BCUT2D eigenvalue weighted by molar-refractivity contribution is 5.20. The smallest absolute Gasteiger partial charge is 0.361 e. The summed E-state index contributed by atoms with van der Waals surface area (Å²) < 4.78 is 43.3. The lowest BCUT2D eigenvalue weighted by atomic mass is 10.2. The number of rotatable bonds is 5. The molecule has 0 fully saturated rings. The van der Waals surface area contributed by atoms with Gasteiger partial charge in [0.15, 0.2) is 0 Å². The number of nitrogens with one attached hydrogen (secondary N) is 1. The fourth-order valence-electron chi connectivity index (χ4n) is 1.21. The van der Waals surface area contributed by atoms with Crippen LogP contribution in [0.15, 0.2) is 4.52 Å². The minimum atomic E-state index is -4.56. The molecule has 0 aromatic carbocycles. The van der Waals surface area contributed by atoms with E-state index in [1.165, 1.54) is 0 Å². The van der Waals surface area contributed by atoms with Crippen LogP contribution in [0, 0.1) is 13.8 Å². The molecule has 1 heterocycles. The summed E-state index contributed by atoms with van der Waals surface area (Å²) in [5, 5.41) is 6.55. The van der Waals surface area contributed by atoms with Crippen LogP contribution in [0.3, 0.4) is 0 Å². The highest BCUT2D eigenvalue weighted by Crippen LogP contribution is 2.15. The van der Waals surface area contributed by atoms with Crippen molar-refractivity contribution in [1.29, 1.82) is 0 Å². The van der Waals surface area contributed by atoms with E-state index in [0.717, 1.165) is 11.3 Å². The first-order valence-corrected chi connectivity index (χ1v) is 4.73. The van der Waals surface area contributed by atoms with Gasteiger partial charge >= 0.3 is 6.36 Å². The Morgan fingerprint density at radius 2 is 2.06 bits per heavy atom. The molecule has 1 aromatic rings. The Morgan fingerprint density at radius 1 is 1.38 bits per heavy atom. The van der Waals surface area contributed by atoms with Crippen molar-refractivity contribution in [3.63, 3.8) is 0 Å². The van der Waals surface area contributed by atoms with Crippen LogP contribution < -0.4 is 5.32 Å². The van der Waals surface area contributed by atoms with Crippen molar-refractivity contribution in [1.82, 2.24) is 10.5 Å². The lowest BCUT2D eigenvalue weighted by Crippen LogP contribution is -2.24. The molecular formula is C9H13F3N2O2. The predicted molar refractivity (Wildman–Crippen MR) is 49.7 cm³/mol. The normalized spacial score (nSPS) is 12.1. The fraction of sp³-hybridized carbons (Fsp3) is 0.667. The average molecular weight is 238 g/mol. The molecule has 0 unspecified atom stereocenters. The van der Waals surface area contributed by atoms with E-state index in [2.05, 4.69) is 15.2 Å². The van der Waals surface area contributed by atoms with Crippen molar-refractivity contribution in [2.24, 2.45) is 0 Å². The lowest BCUT2D eigenvalue weighted by Gasteiger charge is -2.07. The Balaban J connectivity index is 2.22. The van der Waals surface area contributed by atoms with Crippen molar-refractivity contribution in [2.75, 3.05) is 13.2 Å². The third-order valence-electron chi connectivity index (χ3n) is 2.03. The van der Waals surface area contributed by atoms with Crippen LogP contribution in [0.4, 0.5) is 13.2 Å². The molecule has 1 rings (SSSR count). The van der Waals surface area contributed by atoms with Gasteiger partial charge in [0.25, 0.3) is 0 Å². The summed E-state index contributed by atoms with van der Waals surface area (Å²) in [6.07, 6.45) is -4.56. The van der Waals surface area contributed by atoms with Crippen molar-refractivity contribution in [3.8, 4) is 0 Å². The van der Waals surface area contributed by atoms with Crippen LogP contribution in [-0.2, 0) is 11.3 Å². The molecule has 0 aliphatic carbocycles. The predicted octanol–water partition coefficient (Wildman–Crippen LogP) is 1.92. The molecule has 0 aliphatic rings. The Bertz CT molecular complexity index is 316.